The molecule has 1 aliphatic heterocycles. The summed E-state index contributed by atoms with van der Waals surface area (Å²) in [6.45, 7) is 4.85. The molecule has 1 aliphatic rings. The number of benzene rings is 1. The lowest BCUT2D eigenvalue weighted by Gasteiger charge is -2.32. The average Bonchev–Trinajstić information content (AvgIpc) is 2.18. The molecule has 0 radical (unpaired) electrons. The van der Waals surface area contributed by atoms with Gasteiger partial charge in [-0.2, -0.15) is 0 Å². The molecule has 0 spiro atoms. The number of hydrogen-bond donors (Lipinski definition) is 1. The second-order valence-corrected chi connectivity index (χ2v) is 4.20. The predicted octanol–water partition coefficient (Wildman–Crippen LogP) is 2.38. The minimum absolute atomic E-state index is 0.213. The Hall–Kier alpha value is -1.02. The van der Waals surface area contributed by atoms with Crippen LogP contribution in [0.4, 0.5) is 0 Å². The molecule has 0 fully saturated rings. The molecule has 0 saturated carbocycles. The van der Waals surface area contributed by atoms with Gasteiger partial charge in [0.25, 0.3) is 0 Å². The maximum absolute atomic E-state index is 10.1. The van der Waals surface area contributed by atoms with Gasteiger partial charge in [0.2, 0.25) is 0 Å². The molecule has 2 heteroatoms. The van der Waals surface area contributed by atoms with Crippen LogP contribution < -0.4 is 4.74 Å². The molecule has 0 aromatic heterocycles. The highest BCUT2D eigenvalue weighted by Crippen LogP contribution is 2.37. The summed E-state index contributed by atoms with van der Waals surface area (Å²) in [4.78, 5) is 0. The quantitative estimate of drug-likeness (QED) is 0.740. The van der Waals surface area contributed by atoms with Gasteiger partial charge in [0, 0.05) is 11.5 Å². The number of aliphatic hydroxyl groups is 1. The third kappa shape index (κ3) is 1.50. The van der Waals surface area contributed by atoms with Crippen molar-refractivity contribution in [3.63, 3.8) is 0 Å². The Bertz CT molecular complexity index is 320. The van der Waals surface area contributed by atoms with E-state index in [-0.39, 0.29) is 12.0 Å². The summed E-state index contributed by atoms with van der Waals surface area (Å²) in [5, 5.41) is 10.1. The van der Waals surface area contributed by atoms with Crippen LogP contribution in [0.5, 0.6) is 5.75 Å². The number of aliphatic hydroxyl groups excluding tert-OH is 1. The van der Waals surface area contributed by atoms with Crippen molar-refractivity contribution < 1.29 is 9.84 Å². The van der Waals surface area contributed by atoms with E-state index in [1.54, 1.807) is 0 Å². The van der Waals surface area contributed by atoms with E-state index in [1.165, 1.54) is 0 Å². The Balaban J connectivity index is 2.31. The van der Waals surface area contributed by atoms with E-state index in [0.29, 0.717) is 12.5 Å². The Morgan fingerprint density at radius 2 is 2.07 bits per heavy atom. The number of fused-ring (bicyclic) bond motifs is 1. The largest absolute Gasteiger partial charge is 0.493 e. The van der Waals surface area contributed by atoms with Crippen LogP contribution >= 0.6 is 0 Å². The first-order valence-electron chi connectivity index (χ1n) is 5.10. The zero-order chi connectivity index (χ0) is 10.1. The lowest BCUT2D eigenvalue weighted by molar-refractivity contribution is 0.0263. The second kappa shape index (κ2) is 3.62. The summed E-state index contributed by atoms with van der Waals surface area (Å²) in [5.74, 6) is 1.49. The molecule has 1 aromatic rings. The van der Waals surface area contributed by atoms with Crippen LogP contribution in [-0.2, 0) is 0 Å². The fraction of sp³-hybridized carbons (Fsp3) is 0.500. The van der Waals surface area contributed by atoms with Crippen molar-refractivity contribution >= 4 is 0 Å². The molecule has 2 atom stereocenters. The zero-order valence-corrected chi connectivity index (χ0v) is 8.60. The van der Waals surface area contributed by atoms with Gasteiger partial charge in [-0.25, -0.2) is 0 Å². The predicted molar refractivity (Wildman–Crippen MR) is 55.2 cm³/mol. The lowest BCUT2D eigenvalue weighted by atomic mass is 9.85. The topological polar surface area (TPSA) is 29.5 Å². The van der Waals surface area contributed by atoms with Crippen molar-refractivity contribution in [3.05, 3.63) is 29.8 Å². The van der Waals surface area contributed by atoms with Gasteiger partial charge >= 0.3 is 0 Å². The van der Waals surface area contributed by atoms with Crippen LogP contribution in [0.3, 0.4) is 0 Å². The van der Waals surface area contributed by atoms with Gasteiger partial charge < -0.3 is 9.84 Å². The number of rotatable bonds is 1. The van der Waals surface area contributed by atoms with Crippen LogP contribution in [0.25, 0.3) is 0 Å². The van der Waals surface area contributed by atoms with Crippen molar-refractivity contribution in [1.82, 2.24) is 0 Å². The summed E-state index contributed by atoms with van der Waals surface area (Å²) >= 11 is 0. The molecule has 14 heavy (non-hydrogen) atoms. The van der Waals surface area contributed by atoms with E-state index in [2.05, 4.69) is 13.8 Å². The Morgan fingerprint density at radius 3 is 2.79 bits per heavy atom. The molecule has 0 saturated heterocycles. The summed E-state index contributed by atoms with van der Waals surface area (Å²) < 4.78 is 5.61. The molecule has 0 amide bonds. The summed E-state index contributed by atoms with van der Waals surface area (Å²) in [5.41, 5.74) is 0.928. The first kappa shape index (κ1) is 9.53. The van der Waals surface area contributed by atoms with Crippen LogP contribution in [0.1, 0.15) is 25.5 Å². The number of ether oxygens (including phenoxy) is 1. The van der Waals surface area contributed by atoms with E-state index in [4.69, 9.17) is 4.74 Å². The summed E-state index contributed by atoms with van der Waals surface area (Å²) in [6.07, 6.45) is -0.375. The first-order chi connectivity index (χ1) is 6.70. The molecule has 2 nitrogen and oxygen atoms in total. The maximum Gasteiger partial charge on any atom is 0.125 e. The molecule has 1 aromatic carbocycles. The van der Waals surface area contributed by atoms with Gasteiger partial charge in [-0.3, -0.25) is 0 Å². The number of hydrogen-bond acceptors (Lipinski definition) is 2. The molecular formula is C12H16O2. The molecule has 2 rings (SSSR count). The SMILES string of the molecule is CC(C)C1COc2ccccc2C1O. The van der Waals surface area contributed by atoms with E-state index >= 15 is 0 Å². The van der Waals surface area contributed by atoms with E-state index in [0.717, 1.165) is 11.3 Å². The highest BCUT2D eigenvalue weighted by atomic mass is 16.5. The minimum Gasteiger partial charge on any atom is -0.493 e. The second-order valence-electron chi connectivity index (χ2n) is 4.20. The normalized spacial score (nSPS) is 25.7. The first-order valence-corrected chi connectivity index (χ1v) is 5.10. The van der Waals surface area contributed by atoms with Crippen LogP contribution in [0.15, 0.2) is 24.3 Å². The Kier molecular flexibility index (Phi) is 2.46. The molecule has 1 heterocycles. The van der Waals surface area contributed by atoms with E-state index < -0.39 is 0 Å². The fourth-order valence-electron chi connectivity index (χ4n) is 1.92. The van der Waals surface area contributed by atoms with E-state index in [9.17, 15) is 5.11 Å². The standard InChI is InChI=1S/C12H16O2/c1-8(2)10-7-14-11-6-4-3-5-9(11)12(10)13/h3-6,8,10,12-13H,7H2,1-2H3. The molecule has 76 valence electrons. The highest BCUT2D eigenvalue weighted by molar-refractivity contribution is 5.37. The van der Waals surface area contributed by atoms with Gasteiger partial charge in [0.1, 0.15) is 5.75 Å². The fourth-order valence-corrected chi connectivity index (χ4v) is 1.92. The average molecular weight is 192 g/mol. The maximum atomic E-state index is 10.1. The third-order valence-electron chi connectivity index (χ3n) is 2.93. The van der Waals surface area contributed by atoms with E-state index in [1.807, 2.05) is 24.3 Å². The van der Waals surface area contributed by atoms with Gasteiger partial charge in [-0.1, -0.05) is 32.0 Å². The van der Waals surface area contributed by atoms with Crippen molar-refractivity contribution in [1.29, 1.82) is 0 Å². The smallest absolute Gasteiger partial charge is 0.125 e. The molecule has 0 aliphatic carbocycles. The monoisotopic (exact) mass is 192 g/mol. The van der Waals surface area contributed by atoms with Gasteiger partial charge in [-0.15, -0.1) is 0 Å². The van der Waals surface area contributed by atoms with Crippen molar-refractivity contribution in [2.24, 2.45) is 11.8 Å². The Morgan fingerprint density at radius 1 is 1.36 bits per heavy atom. The zero-order valence-electron chi connectivity index (χ0n) is 8.60. The van der Waals surface area contributed by atoms with Crippen molar-refractivity contribution in [2.75, 3.05) is 6.61 Å². The van der Waals surface area contributed by atoms with Crippen molar-refractivity contribution in [3.8, 4) is 5.75 Å². The number of para-hydroxylation sites is 1. The summed E-state index contributed by atoms with van der Waals surface area (Å²) in [6, 6.07) is 7.72. The molecule has 1 N–H and O–H groups in total. The van der Waals surface area contributed by atoms with Gasteiger partial charge in [-0.05, 0) is 12.0 Å². The van der Waals surface area contributed by atoms with Crippen molar-refractivity contribution in [2.45, 2.75) is 20.0 Å². The minimum atomic E-state index is -0.375. The Labute approximate surface area is 84.5 Å². The van der Waals surface area contributed by atoms with Crippen LogP contribution in [0.2, 0.25) is 0 Å². The van der Waals surface area contributed by atoms with Gasteiger partial charge in [0.05, 0.1) is 12.7 Å². The molecular weight excluding hydrogens is 176 g/mol. The molecule has 2 unspecified atom stereocenters. The summed E-state index contributed by atoms with van der Waals surface area (Å²) in [7, 11) is 0. The van der Waals surface area contributed by atoms with Crippen LogP contribution in [0, 0.1) is 11.8 Å². The molecule has 0 bridgehead atoms. The van der Waals surface area contributed by atoms with Crippen LogP contribution in [-0.4, -0.2) is 11.7 Å². The van der Waals surface area contributed by atoms with Gasteiger partial charge in [0.15, 0.2) is 0 Å². The lowest BCUT2D eigenvalue weighted by Crippen LogP contribution is -2.29. The highest BCUT2D eigenvalue weighted by Gasteiger charge is 2.30. The third-order valence-corrected chi connectivity index (χ3v) is 2.93.